The van der Waals surface area contributed by atoms with Crippen molar-refractivity contribution < 1.29 is 24.3 Å². The second-order valence-corrected chi connectivity index (χ2v) is 9.32. The number of ether oxygens (including phenoxy) is 1. The third kappa shape index (κ3) is 8.01. The zero-order valence-corrected chi connectivity index (χ0v) is 20.4. The maximum absolute atomic E-state index is 11.4. The van der Waals surface area contributed by atoms with Gasteiger partial charge < -0.3 is 35.5 Å². The van der Waals surface area contributed by atoms with Crippen LogP contribution in [0.5, 0.6) is 5.75 Å². The van der Waals surface area contributed by atoms with Crippen molar-refractivity contribution in [1.29, 1.82) is 0 Å². The van der Waals surface area contributed by atoms with E-state index in [4.69, 9.17) is 9.39 Å². The molecule has 0 amide bonds. The van der Waals surface area contributed by atoms with Crippen molar-refractivity contribution in [3.63, 3.8) is 0 Å². The molecule has 5 N–H and O–H groups in total. The number of rotatable bonds is 10. The summed E-state index contributed by atoms with van der Waals surface area (Å²) in [5.74, 6) is -1.22. The lowest BCUT2D eigenvalue weighted by molar-refractivity contribution is -0.00250. The number of likely N-dealkylation sites (N-methyl/N-ethyl adjacent to an activating group) is 1. The Labute approximate surface area is 203 Å². The van der Waals surface area contributed by atoms with Gasteiger partial charge in [-0.2, -0.15) is 0 Å². The molecule has 3 atom stereocenters. The fourth-order valence-electron chi connectivity index (χ4n) is 4.23. The van der Waals surface area contributed by atoms with Gasteiger partial charge >= 0.3 is 13.1 Å². The van der Waals surface area contributed by atoms with E-state index in [1.807, 2.05) is 6.07 Å². The van der Waals surface area contributed by atoms with E-state index in [2.05, 4.69) is 29.5 Å². The number of benzene rings is 1. The Morgan fingerprint density at radius 2 is 1.97 bits per heavy atom. The molecule has 3 aliphatic rings. The first-order chi connectivity index (χ1) is 16.5. The third-order valence-corrected chi connectivity index (χ3v) is 6.57. The van der Waals surface area contributed by atoms with E-state index >= 15 is 0 Å². The standard InChI is InChI=1S/C21H32BN3O5.C4H8/c1-3-23-9-10-24-16-7-8-17(29-13-16)11-14(2)25-19-12-15-5-4-6-18(21(26)27)20(15)30-22(19)28;1-2-4-3-1/h4-6,16-17,19,23-25,28H,2-3,7-13H2,1H3,(H,26,27);1-4H2. The van der Waals surface area contributed by atoms with Gasteiger partial charge in [-0.1, -0.05) is 51.3 Å². The van der Waals surface area contributed by atoms with Crippen LogP contribution in [0.4, 0.5) is 0 Å². The summed E-state index contributed by atoms with van der Waals surface area (Å²) in [5, 5.41) is 29.7. The number of carbonyl (C=O) groups is 1. The third-order valence-electron chi connectivity index (χ3n) is 6.57. The van der Waals surface area contributed by atoms with Crippen molar-refractivity contribution in [2.24, 2.45) is 0 Å². The van der Waals surface area contributed by atoms with Gasteiger partial charge in [0, 0.05) is 31.2 Å². The van der Waals surface area contributed by atoms with Crippen molar-refractivity contribution in [2.45, 2.75) is 76.4 Å². The first-order valence-electron chi connectivity index (χ1n) is 12.7. The zero-order chi connectivity index (χ0) is 24.3. The van der Waals surface area contributed by atoms with Gasteiger partial charge in [0.2, 0.25) is 0 Å². The average molecular weight is 473 g/mol. The SMILES string of the molecule is C1CCC1.C=C(CC1CCC(NCCNCC)CO1)NC1Cc2cccc(C(=O)O)c2OB1O. The molecule has 34 heavy (non-hydrogen) atoms. The number of fused-ring (bicyclic) bond motifs is 1. The van der Waals surface area contributed by atoms with Gasteiger partial charge in [-0.05, 0) is 37.4 Å². The van der Waals surface area contributed by atoms with Crippen molar-refractivity contribution in [2.75, 3.05) is 26.2 Å². The van der Waals surface area contributed by atoms with Crippen LogP contribution < -0.4 is 20.6 Å². The molecular weight excluding hydrogens is 433 g/mol. The van der Waals surface area contributed by atoms with Crippen molar-refractivity contribution in [3.05, 3.63) is 41.6 Å². The van der Waals surface area contributed by atoms with E-state index in [9.17, 15) is 14.9 Å². The Morgan fingerprint density at radius 1 is 1.21 bits per heavy atom. The molecule has 2 aliphatic heterocycles. The topological polar surface area (TPSA) is 112 Å². The lowest BCUT2D eigenvalue weighted by atomic mass is 9.72. The van der Waals surface area contributed by atoms with Gasteiger partial charge in [0.1, 0.15) is 5.75 Å². The van der Waals surface area contributed by atoms with Crippen LogP contribution in [0.2, 0.25) is 0 Å². The minimum atomic E-state index is -1.15. The first-order valence-corrected chi connectivity index (χ1v) is 12.7. The molecule has 1 aromatic rings. The normalized spacial score (nSPS) is 23.5. The molecule has 188 valence electrons. The summed E-state index contributed by atoms with van der Waals surface area (Å²) in [7, 11) is -1.15. The summed E-state index contributed by atoms with van der Waals surface area (Å²) < 4.78 is 11.5. The van der Waals surface area contributed by atoms with E-state index < -0.39 is 19.0 Å². The van der Waals surface area contributed by atoms with Crippen molar-refractivity contribution in [1.82, 2.24) is 16.0 Å². The smallest absolute Gasteiger partial charge is 0.534 e. The van der Waals surface area contributed by atoms with Gasteiger partial charge in [0.05, 0.1) is 24.2 Å². The molecule has 1 saturated heterocycles. The summed E-state index contributed by atoms with van der Waals surface area (Å²) in [5.41, 5.74) is 1.60. The van der Waals surface area contributed by atoms with Crippen LogP contribution in [0.15, 0.2) is 30.5 Å². The Balaban J connectivity index is 0.000000732. The Bertz CT molecular complexity index is 793. The van der Waals surface area contributed by atoms with Crippen LogP contribution in [0, 0.1) is 0 Å². The number of hydrogen-bond acceptors (Lipinski definition) is 7. The van der Waals surface area contributed by atoms with Crippen LogP contribution in [0.3, 0.4) is 0 Å². The van der Waals surface area contributed by atoms with Crippen molar-refractivity contribution in [3.8, 4) is 5.75 Å². The van der Waals surface area contributed by atoms with Crippen molar-refractivity contribution >= 4 is 13.1 Å². The Hall–Kier alpha value is -2.07. The monoisotopic (exact) mass is 473 g/mol. The summed E-state index contributed by atoms with van der Waals surface area (Å²) >= 11 is 0. The predicted octanol–water partition coefficient (Wildman–Crippen LogP) is 2.51. The molecule has 8 nitrogen and oxygen atoms in total. The van der Waals surface area contributed by atoms with E-state index in [0.29, 0.717) is 25.5 Å². The molecule has 0 bridgehead atoms. The van der Waals surface area contributed by atoms with E-state index in [0.717, 1.165) is 43.7 Å². The highest BCUT2D eigenvalue weighted by molar-refractivity contribution is 6.46. The second kappa shape index (κ2) is 13.7. The van der Waals surface area contributed by atoms with Gasteiger partial charge in [0.25, 0.3) is 0 Å². The fourth-order valence-corrected chi connectivity index (χ4v) is 4.23. The van der Waals surface area contributed by atoms with Crippen LogP contribution in [0.25, 0.3) is 0 Å². The lowest BCUT2D eigenvalue weighted by Crippen LogP contribution is -2.51. The van der Waals surface area contributed by atoms with Crippen LogP contribution >= 0.6 is 0 Å². The molecular formula is C25H40BN3O5. The molecule has 2 heterocycles. The highest BCUT2D eigenvalue weighted by atomic mass is 16.5. The fraction of sp³-hybridized carbons (Fsp3) is 0.640. The summed E-state index contributed by atoms with van der Waals surface area (Å²) in [6, 6.07) is 5.37. The van der Waals surface area contributed by atoms with Crippen LogP contribution in [0.1, 0.15) is 67.8 Å². The van der Waals surface area contributed by atoms with E-state index in [1.54, 1.807) is 6.07 Å². The zero-order valence-electron chi connectivity index (χ0n) is 20.4. The number of hydrogen-bond donors (Lipinski definition) is 5. The molecule has 0 spiro atoms. The number of carboxylic acids is 1. The maximum Gasteiger partial charge on any atom is 0.546 e. The lowest BCUT2D eigenvalue weighted by Gasteiger charge is -2.33. The summed E-state index contributed by atoms with van der Waals surface area (Å²) in [6.45, 7) is 9.75. The molecule has 1 aromatic carbocycles. The van der Waals surface area contributed by atoms with Crippen LogP contribution in [-0.4, -0.2) is 67.5 Å². The number of nitrogens with one attached hydrogen (secondary N) is 3. The number of para-hydroxylation sites is 1. The van der Waals surface area contributed by atoms with E-state index in [-0.39, 0.29) is 17.4 Å². The highest BCUT2D eigenvalue weighted by Gasteiger charge is 2.37. The second-order valence-electron chi connectivity index (χ2n) is 9.32. The molecule has 9 heteroatoms. The quantitative estimate of drug-likeness (QED) is 0.260. The minimum Gasteiger partial charge on any atom is -0.534 e. The summed E-state index contributed by atoms with van der Waals surface area (Å²) in [4.78, 5) is 11.4. The Morgan fingerprint density at radius 3 is 2.59 bits per heavy atom. The molecule has 0 radical (unpaired) electrons. The first kappa shape index (κ1) is 26.5. The average Bonchev–Trinajstić information content (AvgIpc) is 2.76. The molecule has 0 aromatic heterocycles. The summed E-state index contributed by atoms with van der Waals surface area (Å²) in [6.07, 6.45) is 9.23. The molecule has 4 rings (SSSR count). The molecule has 3 unspecified atom stereocenters. The number of aromatic carboxylic acids is 1. The largest absolute Gasteiger partial charge is 0.546 e. The van der Waals surface area contributed by atoms with Crippen LogP contribution in [-0.2, 0) is 11.2 Å². The number of carboxylic acid groups (broad SMARTS) is 1. The maximum atomic E-state index is 11.4. The van der Waals surface area contributed by atoms with Gasteiger partial charge in [-0.3, -0.25) is 0 Å². The predicted molar refractivity (Wildman–Crippen MR) is 134 cm³/mol. The van der Waals surface area contributed by atoms with E-state index in [1.165, 1.54) is 31.7 Å². The van der Waals surface area contributed by atoms with Gasteiger partial charge in [-0.15, -0.1) is 0 Å². The molecule has 1 aliphatic carbocycles. The van der Waals surface area contributed by atoms with Gasteiger partial charge in [0.15, 0.2) is 0 Å². The minimum absolute atomic E-state index is 0.0630. The highest BCUT2D eigenvalue weighted by Crippen LogP contribution is 2.30. The van der Waals surface area contributed by atoms with Gasteiger partial charge in [-0.25, -0.2) is 4.79 Å². The Kier molecular flexibility index (Phi) is 10.7. The molecule has 2 fully saturated rings. The molecule has 1 saturated carbocycles.